The summed E-state index contributed by atoms with van der Waals surface area (Å²) >= 11 is 1.73. The van der Waals surface area contributed by atoms with Crippen LogP contribution >= 0.6 is 11.3 Å². The van der Waals surface area contributed by atoms with Crippen LogP contribution < -0.4 is 10.1 Å². The van der Waals surface area contributed by atoms with Gasteiger partial charge in [0.25, 0.3) is 0 Å². The van der Waals surface area contributed by atoms with Gasteiger partial charge in [-0.2, -0.15) is 0 Å². The second-order valence-corrected chi connectivity index (χ2v) is 5.95. The fourth-order valence-corrected chi connectivity index (χ4v) is 3.22. The lowest BCUT2D eigenvalue weighted by Crippen LogP contribution is -2.10. The van der Waals surface area contributed by atoms with E-state index < -0.39 is 0 Å². The molecule has 20 heavy (non-hydrogen) atoms. The van der Waals surface area contributed by atoms with E-state index in [0.29, 0.717) is 0 Å². The summed E-state index contributed by atoms with van der Waals surface area (Å²) in [6.45, 7) is 7.30. The predicted octanol–water partition coefficient (Wildman–Crippen LogP) is 3.51. The smallest absolute Gasteiger partial charge is 0.124 e. The number of aryl methyl sites for hydroxylation is 1. The molecule has 0 bridgehead atoms. The number of methoxy groups -OCH3 is 1. The Labute approximate surface area is 125 Å². The molecule has 2 aromatic rings. The summed E-state index contributed by atoms with van der Waals surface area (Å²) in [5.74, 6) is 0.983. The van der Waals surface area contributed by atoms with Crippen LogP contribution in [0.15, 0.2) is 11.4 Å². The van der Waals surface area contributed by atoms with Crippen LogP contribution in [0, 0.1) is 20.8 Å². The van der Waals surface area contributed by atoms with Gasteiger partial charge in [-0.3, -0.25) is 0 Å². The van der Waals surface area contributed by atoms with E-state index >= 15 is 0 Å². The first-order valence-electron chi connectivity index (χ1n) is 6.82. The number of thiazole rings is 1. The minimum atomic E-state index is 0.965. The van der Waals surface area contributed by atoms with Crippen molar-refractivity contribution in [1.82, 2.24) is 10.3 Å². The molecule has 0 saturated carbocycles. The molecule has 0 aliphatic heterocycles. The fraction of sp³-hybridized carbons (Fsp3) is 0.438. The largest absolute Gasteiger partial charge is 0.496 e. The van der Waals surface area contributed by atoms with Gasteiger partial charge in [-0.05, 0) is 50.6 Å². The monoisotopic (exact) mass is 290 g/mol. The molecule has 1 heterocycles. The van der Waals surface area contributed by atoms with Crippen LogP contribution in [0.1, 0.15) is 21.7 Å². The van der Waals surface area contributed by atoms with Gasteiger partial charge in [-0.1, -0.05) is 0 Å². The number of nitrogens with one attached hydrogen (secondary N) is 1. The van der Waals surface area contributed by atoms with Crippen molar-refractivity contribution in [2.75, 3.05) is 20.7 Å². The number of ether oxygens (including phenoxy) is 1. The SMILES string of the molecule is CNCCc1nc(-c2cc(C)c(OC)c(C)c2C)cs1. The fourth-order valence-electron chi connectivity index (χ4n) is 2.42. The van der Waals surface area contributed by atoms with E-state index in [4.69, 9.17) is 9.72 Å². The highest BCUT2D eigenvalue weighted by Crippen LogP contribution is 2.34. The number of hydrogen-bond acceptors (Lipinski definition) is 4. The molecule has 0 amide bonds. The van der Waals surface area contributed by atoms with Crippen molar-refractivity contribution in [3.8, 4) is 17.0 Å². The van der Waals surface area contributed by atoms with Crippen molar-refractivity contribution < 1.29 is 4.74 Å². The highest BCUT2D eigenvalue weighted by molar-refractivity contribution is 7.09. The van der Waals surface area contributed by atoms with Gasteiger partial charge >= 0.3 is 0 Å². The van der Waals surface area contributed by atoms with Gasteiger partial charge in [0.1, 0.15) is 5.75 Å². The molecule has 0 saturated heterocycles. The molecule has 0 aliphatic carbocycles. The van der Waals surface area contributed by atoms with Crippen LogP contribution in [-0.4, -0.2) is 25.7 Å². The minimum absolute atomic E-state index is 0.965. The number of benzene rings is 1. The van der Waals surface area contributed by atoms with E-state index in [2.05, 4.69) is 37.5 Å². The first-order valence-corrected chi connectivity index (χ1v) is 7.70. The highest BCUT2D eigenvalue weighted by Gasteiger charge is 2.14. The number of rotatable bonds is 5. The van der Waals surface area contributed by atoms with Crippen molar-refractivity contribution in [2.45, 2.75) is 27.2 Å². The first kappa shape index (κ1) is 15.0. The van der Waals surface area contributed by atoms with Gasteiger partial charge in [-0.15, -0.1) is 11.3 Å². The molecular formula is C16H22N2OS. The highest BCUT2D eigenvalue weighted by atomic mass is 32.1. The molecule has 0 fully saturated rings. The summed E-state index contributed by atoms with van der Waals surface area (Å²) in [5.41, 5.74) is 5.90. The molecule has 0 spiro atoms. The Morgan fingerprint density at radius 3 is 2.65 bits per heavy atom. The summed E-state index contributed by atoms with van der Waals surface area (Å²) < 4.78 is 5.48. The molecule has 4 heteroatoms. The lowest BCUT2D eigenvalue weighted by Gasteiger charge is -2.14. The van der Waals surface area contributed by atoms with E-state index in [1.54, 1.807) is 18.4 Å². The zero-order chi connectivity index (χ0) is 14.7. The summed E-state index contributed by atoms with van der Waals surface area (Å²) in [6, 6.07) is 2.18. The molecule has 2 rings (SSSR count). The molecule has 1 aromatic carbocycles. The molecular weight excluding hydrogens is 268 g/mol. The average molecular weight is 290 g/mol. The Kier molecular flexibility index (Phi) is 4.78. The molecule has 3 nitrogen and oxygen atoms in total. The topological polar surface area (TPSA) is 34.2 Å². The van der Waals surface area contributed by atoms with Gasteiger partial charge in [0, 0.05) is 23.9 Å². The summed E-state index contributed by atoms with van der Waals surface area (Å²) in [6.07, 6.45) is 0.980. The molecule has 108 valence electrons. The molecule has 1 aromatic heterocycles. The van der Waals surface area contributed by atoms with Crippen LogP contribution in [0.4, 0.5) is 0 Å². The van der Waals surface area contributed by atoms with E-state index in [-0.39, 0.29) is 0 Å². The van der Waals surface area contributed by atoms with Gasteiger partial charge in [0.05, 0.1) is 17.8 Å². The normalized spacial score (nSPS) is 10.8. The number of aromatic nitrogens is 1. The standard InChI is InChI=1S/C16H22N2OS/c1-10-8-13(11(2)12(3)16(10)19-5)14-9-20-15(18-14)6-7-17-4/h8-9,17H,6-7H2,1-5H3. The van der Waals surface area contributed by atoms with Crippen molar-refractivity contribution >= 4 is 11.3 Å². The molecule has 0 unspecified atom stereocenters. The molecule has 0 atom stereocenters. The molecule has 0 aliphatic rings. The number of nitrogens with zero attached hydrogens (tertiary/aromatic N) is 1. The first-order chi connectivity index (χ1) is 9.58. The van der Waals surface area contributed by atoms with E-state index in [0.717, 1.165) is 30.0 Å². The lowest BCUT2D eigenvalue weighted by atomic mass is 9.97. The summed E-state index contributed by atoms with van der Waals surface area (Å²) in [5, 5.41) is 6.49. The zero-order valence-corrected chi connectivity index (χ0v) is 13.6. The van der Waals surface area contributed by atoms with Crippen LogP contribution in [-0.2, 0) is 6.42 Å². The number of hydrogen-bond donors (Lipinski definition) is 1. The van der Waals surface area contributed by atoms with Crippen molar-refractivity contribution in [3.05, 3.63) is 33.1 Å². The van der Waals surface area contributed by atoms with Gasteiger partial charge in [-0.25, -0.2) is 4.98 Å². The Balaban J connectivity index is 2.40. The van der Waals surface area contributed by atoms with Crippen LogP contribution in [0.3, 0.4) is 0 Å². The summed E-state index contributed by atoms with van der Waals surface area (Å²) in [4.78, 5) is 4.75. The maximum Gasteiger partial charge on any atom is 0.124 e. The van der Waals surface area contributed by atoms with Gasteiger partial charge in [0.2, 0.25) is 0 Å². The molecule has 0 radical (unpaired) electrons. The third kappa shape index (κ3) is 2.86. The molecule has 1 N–H and O–H groups in total. The Morgan fingerprint density at radius 1 is 1.25 bits per heavy atom. The maximum absolute atomic E-state index is 5.48. The van der Waals surface area contributed by atoms with Crippen LogP contribution in [0.5, 0.6) is 5.75 Å². The van der Waals surface area contributed by atoms with E-state index in [1.165, 1.54) is 21.7 Å². The maximum atomic E-state index is 5.48. The van der Waals surface area contributed by atoms with E-state index in [1.807, 2.05) is 7.05 Å². The Bertz CT molecular complexity index is 605. The summed E-state index contributed by atoms with van der Waals surface area (Å²) in [7, 11) is 3.70. The minimum Gasteiger partial charge on any atom is -0.496 e. The van der Waals surface area contributed by atoms with Crippen molar-refractivity contribution in [3.63, 3.8) is 0 Å². The van der Waals surface area contributed by atoms with Crippen molar-refractivity contribution in [2.24, 2.45) is 0 Å². The Hall–Kier alpha value is -1.39. The average Bonchev–Trinajstić information content (AvgIpc) is 2.89. The van der Waals surface area contributed by atoms with Gasteiger partial charge < -0.3 is 10.1 Å². The predicted molar refractivity (Wildman–Crippen MR) is 85.9 cm³/mol. The van der Waals surface area contributed by atoms with Crippen LogP contribution in [0.25, 0.3) is 11.3 Å². The Morgan fingerprint density at radius 2 is 2.00 bits per heavy atom. The quantitative estimate of drug-likeness (QED) is 0.915. The third-order valence-corrected chi connectivity index (χ3v) is 4.56. The van der Waals surface area contributed by atoms with Gasteiger partial charge in [0.15, 0.2) is 0 Å². The number of likely N-dealkylation sites (N-methyl/N-ethyl adjacent to an activating group) is 1. The second kappa shape index (κ2) is 6.37. The zero-order valence-electron chi connectivity index (χ0n) is 12.8. The second-order valence-electron chi connectivity index (χ2n) is 5.00. The van der Waals surface area contributed by atoms with Crippen LogP contribution in [0.2, 0.25) is 0 Å². The lowest BCUT2D eigenvalue weighted by molar-refractivity contribution is 0.408. The van der Waals surface area contributed by atoms with Crippen molar-refractivity contribution in [1.29, 1.82) is 0 Å². The van der Waals surface area contributed by atoms with E-state index in [9.17, 15) is 0 Å². The third-order valence-electron chi connectivity index (χ3n) is 3.65.